The summed E-state index contributed by atoms with van der Waals surface area (Å²) in [5.74, 6) is 0.817. The fourth-order valence-electron chi connectivity index (χ4n) is 1.91. The molecule has 19 heavy (non-hydrogen) atoms. The molecule has 102 valence electrons. The topological polar surface area (TPSA) is 55.9 Å². The SMILES string of the molecule is Cc1ccc(Cl)cc1Nc1c(N)c(C)nn1C(C)C. The average Bonchev–Trinajstić information content (AvgIpc) is 2.62. The summed E-state index contributed by atoms with van der Waals surface area (Å²) < 4.78 is 1.89. The van der Waals surface area contributed by atoms with Gasteiger partial charge in [-0.15, -0.1) is 0 Å². The highest BCUT2D eigenvalue weighted by atomic mass is 35.5. The van der Waals surface area contributed by atoms with E-state index in [9.17, 15) is 0 Å². The molecule has 0 spiro atoms. The van der Waals surface area contributed by atoms with Crippen molar-refractivity contribution in [2.24, 2.45) is 0 Å². The molecule has 0 amide bonds. The fourth-order valence-corrected chi connectivity index (χ4v) is 2.09. The Morgan fingerprint density at radius 1 is 1.32 bits per heavy atom. The third kappa shape index (κ3) is 2.68. The van der Waals surface area contributed by atoms with Crippen molar-refractivity contribution in [3.05, 3.63) is 34.5 Å². The first-order valence-corrected chi connectivity index (χ1v) is 6.65. The number of aryl methyl sites for hydroxylation is 2. The zero-order valence-corrected chi connectivity index (χ0v) is 12.4. The van der Waals surface area contributed by atoms with Gasteiger partial charge in [-0.05, 0) is 45.4 Å². The molecule has 0 saturated heterocycles. The zero-order valence-electron chi connectivity index (χ0n) is 11.7. The van der Waals surface area contributed by atoms with Crippen molar-refractivity contribution in [1.82, 2.24) is 9.78 Å². The van der Waals surface area contributed by atoms with Gasteiger partial charge in [-0.1, -0.05) is 17.7 Å². The summed E-state index contributed by atoms with van der Waals surface area (Å²) in [5.41, 5.74) is 9.66. The summed E-state index contributed by atoms with van der Waals surface area (Å²) in [6.07, 6.45) is 0. The molecule has 0 atom stereocenters. The normalized spacial score (nSPS) is 11.1. The molecule has 3 N–H and O–H groups in total. The molecule has 0 radical (unpaired) electrons. The van der Waals surface area contributed by atoms with Crippen LogP contribution in [0.5, 0.6) is 0 Å². The Hall–Kier alpha value is -1.68. The lowest BCUT2D eigenvalue weighted by Gasteiger charge is -2.15. The Morgan fingerprint density at radius 3 is 2.63 bits per heavy atom. The molecule has 5 heteroatoms. The maximum atomic E-state index is 6.10. The van der Waals surface area contributed by atoms with Crippen molar-refractivity contribution >= 4 is 28.8 Å². The standard InChI is InChI=1S/C14H19ClN4/c1-8(2)19-14(13(16)10(4)18-19)17-12-7-11(15)6-5-9(12)3/h5-8,17H,16H2,1-4H3. The fraction of sp³-hybridized carbons (Fsp3) is 0.357. The Bertz CT molecular complexity index is 602. The van der Waals surface area contributed by atoms with E-state index in [0.29, 0.717) is 10.7 Å². The third-order valence-corrected chi connectivity index (χ3v) is 3.31. The summed E-state index contributed by atoms with van der Waals surface area (Å²) >= 11 is 6.04. The Kier molecular flexibility index (Phi) is 3.71. The number of anilines is 3. The number of nitrogens with one attached hydrogen (secondary N) is 1. The van der Waals surface area contributed by atoms with E-state index in [1.54, 1.807) is 0 Å². The second kappa shape index (κ2) is 5.13. The van der Waals surface area contributed by atoms with Crippen LogP contribution in [0.3, 0.4) is 0 Å². The number of nitrogens with two attached hydrogens (primary N) is 1. The molecular weight excluding hydrogens is 260 g/mol. The van der Waals surface area contributed by atoms with Gasteiger partial charge in [0.05, 0.1) is 11.4 Å². The van der Waals surface area contributed by atoms with E-state index in [2.05, 4.69) is 24.3 Å². The first-order chi connectivity index (χ1) is 8.90. The third-order valence-electron chi connectivity index (χ3n) is 3.07. The highest BCUT2D eigenvalue weighted by Crippen LogP contribution is 2.31. The van der Waals surface area contributed by atoms with E-state index in [4.69, 9.17) is 17.3 Å². The van der Waals surface area contributed by atoms with Crippen molar-refractivity contribution in [2.75, 3.05) is 11.1 Å². The van der Waals surface area contributed by atoms with Crippen molar-refractivity contribution in [1.29, 1.82) is 0 Å². The van der Waals surface area contributed by atoms with Crippen LogP contribution in [0.25, 0.3) is 0 Å². The van der Waals surface area contributed by atoms with Gasteiger partial charge in [-0.2, -0.15) is 5.10 Å². The number of hydrogen-bond donors (Lipinski definition) is 2. The molecule has 0 bridgehead atoms. The maximum absolute atomic E-state index is 6.10. The van der Waals surface area contributed by atoms with Gasteiger partial charge in [0, 0.05) is 16.8 Å². The molecule has 2 aromatic rings. The monoisotopic (exact) mass is 278 g/mol. The van der Waals surface area contributed by atoms with E-state index in [1.165, 1.54) is 0 Å². The van der Waals surface area contributed by atoms with Gasteiger partial charge in [-0.25, -0.2) is 4.68 Å². The van der Waals surface area contributed by atoms with Crippen LogP contribution in [0.1, 0.15) is 31.1 Å². The van der Waals surface area contributed by atoms with Crippen LogP contribution in [0.15, 0.2) is 18.2 Å². The number of rotatable bonds is 3. The van der Waals surface area contributed by atoms with E-state index < -0.39 is 0 Å². The van der Waals surface area contributed by atoms with Gasteiger partial charge >= 0.3 is 0 Å². The first kappa shape index (κ1) is 13.7. The molecular formula is C14H19ClN4. The van der Waals surface area contributed by atoms with Crippen LogP contribution in [0, 0.1) is 13.8 Å². The average molecular weight is 279 g/mol. The number of hydrogen-bond acceptors (Lipinski definition) is 3. The van der Waals surface area contributed by atoms with Gasteiger partial charge in [0.1, 0.15) is 0 Å². The second-order valence-corrected chi connectivity index (χ2v) is 5.41. The van der Waals surface area contributed by atoms with Gasteiger partial charge < -0.3 is 11.1 Å². The molecule has 0 aliphatic heterocycles. The van der Waals surface area contributed by atoms with Crippen LogP contribution < -0.4 is 11.1 Å². The van der Waals surface area contributed by atoms with E-state index in [-0.39, 0.29) is 6.04 Å². The van der Waals surface area contributed by atoms with Crippen LogP contribution in [0.2, 0.25) is 5.02 Å². The lowest BCUT2D eigenvalue weighted by molar-refractivity contribution is 0.536. The van der Waals surface area contributed by atoms with Gasteiger partial charge in [-0.3, -0.25) is 0 Å². The number of nitrogen functional groups attached to an aromatic ring is 1. The smallest absolute Gasteiger partial charge is 0.152 e. The zero-order chi connectivity index (χ0) is 14.2. The lowest BCUT2D eigenvalue weighted by Crippen LogP contribution is -2.08. The first-order valence-electron chi connectivity index (χ1n) is 6.28. The number of nitrogens with zero attached hydrogens (tertiary/aromatic N) is 2. The number of aromatic nitrogens is 2. The summed E-state index contributed by atoms with van der Waals surface area (Å²) in [5, 5.41) is 8.49. The summed E-state index contributed by atoms with van der Waals surface area (Å²) in [4.78, 5) is 0. The summed E-state index contributed by atoms with van der Waals surface area (Å²) in [6.45, 7) is 8.08. The molecule has 0 aliphatic carbocycles. The molecule has 1 heterocycles. The van der Waals surface area contributed by atoms with Crippen LogP contribution in [0.4, 0.5) is 17.2 Å². The minimum Gasteiger partial charge on any atom is -0.394 e. The van der Waals surface area contributed by atoms with Crippen molar-refractivity contribution < 1.29 is 0 Å². The molecule has 1 aromatic heterocycles. The highest BCUT2D eigenvalue weighted by molar-refractivity contribution is 6.30. The minimum atomic E-state index is 0.234. The second-order valence-electron chi connectivity index (χ2n) is 4.97. The van der Waals surface area contributed by atoms with Crippen LogP contribution in [-0.4, -0.2) is 9.78 Å². The van der Waals surface area contributed by atoms with Crippen LogP contribution in [-0.2, 0) is 0 Å². The lowest BCUT2D eigenvalue weighted by atomic mass is 10.2. The van der Waals surface area contributed by atoms with E-state index >= 15 is 0 Å². The Labute approximate surface area is 118 Å². The molecule has 0 saturated carbocycles. The van der Waals surface area contributed by atoms with E-state index in [0.717, 1.165) is 22.8 Å². The van der Waals surface area contributed by atoms with Gasteiger partial charge in [0.25, 0.3) is 0 Å². The largest absolute Gasteiger partial charge is 0.394 e. The quantitative estimate of drug-likeness (QED) is 0.890. The molecule has 0 unspecified atom stereocenters. The van der Waals surface area contributed by atoms with E-state index in [1.807, 2.05) is 36.7 Å². The maximum Gasteiger partial charge on any atom is 0.152 e. The minimum absolute atomic E-state index is 0.234. The Balaban J connectivity index is 2.45. The molecule has 1 aromatic carbocycles. The molecule has 0 aliphatic rings. The van der Waals surface area contributed by atoms with Crippen LogP contribution >= 0.6 is 11.6 Å². The van der Waals surface area contributed by atoms with Crippen molar-refractivity contribution in [2.45, 2.75) is 33.7 Å². The number of halogens is 1. The molecule has 4 nitrogen and oxygen atoms in total. The highest BCUT2D eigenvalue weighted by Gasteiger charge is 2.15. The molecule has 0 fully saturated rings. The molecule has 2 rings (SSSR count). The summed E-state index contributed by atoms with van der Waals surface area (Å²) in [6, 6.07) is 5.97. The summed E-state index contributed by atoms with van der Waals surface area (Å²) in [7, 11) is 0. The van der Waals surface area contributed by atoms with Gasteiger partial charge in [0.2, 0.25) is 0 Å². The predicted molar refractivity (Wildman–Crippen MR) is 81.2 cm³/mol. The predicted octanol–water partition coefficient (Wildman–Crippen LogP) is 4.06. The number of benzene rings is 1. The van der Waals surface area contributed by atoms with Crippen molar-refractivity contribution in [3.8, 4) is 0 Å². The Morgan fingerprint density at radius 2 is 2.00 bits per heavy atom. The van der Waals surface area contributed by atoms with Crippen molar-refractivity contribution in [3.63, 3.8) is 0 Å². The van der Waals surface area contributed by atoms with Gasteiger partial charge in [0.15, 0.2) is 5.82 Å².